The number of aromatic nitrogens is 3. The second-order valence-corrected chi connectivity index (χ2v) is 6.28. The summed E-state index contributed by atoms with van der Waals surface area (Å²) in [5.41, 5.74) is 2.48. The smallest absolute Gasteiger partial charge is 0.318 e. The van der Waals surface area contributed by atoms with Gasteiger partial charge in [-0.25, -0.2) is 4.79 Å². The molecule has 1 N–H and O–H groups in total. The van der Waals surface area contributed by atoms with Crippen molar-refractivity contribution in [3.05, 3.63) is 42.0 Å². The Morgan fingerprint density at radius 3 is 2.62 bits per heavy atom. The van der Waals surface area contributed by atoms with E-state index in [4.69, 9.17) is 0 Å². The third-order valence-corrected chi connectivity index (χ3v) is 4.41. The van der Waals surface area contributed by atoms with Crippen molar-refractivity contribution >= 4 is 11.7 Å². The van der Waals surface area contributed by atoms with Gasteiger partial charge in [-0.15, -0.1) is 10.2 Å². The van der Waals surface area contributed by atoms with E-state index in [1.165, 1.54) is 11.3 Å². The van der Waals surface area contributed by atoms with Crippen molar-refractivity contribution in [2.24, 2.45) is 7.05 Å². The van der Waals surface area contributed by atoms with E-state index in [0.29, 0.717) is 13.1 Å². The van der Waals surface area contributed by atoms with E-state index in [1.54, 1.807) is 6.33 Å². The highest BCUT2D eigenvalue weighted by Crippen LogP contribution is 2.18. The second kappa shape index (κ2) is 6.90. The minimum atomic E-state index is -0.167. The molecule has 1 fully saturated rings. The third-order valence-electron chi connectivity index (χ3n) is 4.41. The first-order chi connectivity index (χ1) is 11.5. The van der Waals surface area contributed by atoms with E-state index in [-0.39, 0.29) is 12.1 Å². The van der Waals surface area contributed by atoms with E-state index in [0.717, 1.165) is 18.9 Å². The topological polar surface area (TPSA) is 66.3 Å². The van der Waals surface area contributed by atoms with Gasteiger partial charge in [0.15, 0.2) is 5.82 Å². The molecule has 0 bridgehead atoms. The molecule has 0 saturated carbocycles. The average Bonchev–Trinajstić information content (AvgIpc) is 3.01. The highest BCUT2D eigenvalue weighted by atomic mass is 16.2. The van der Waals surface area contributed by atoms with Crippen molar-refractivity contribution in [1.29, 1.82) is 0 Å². The number of aryl methyl sites for hydroxylation is 2. The number of carbonyl (C=O) groups is 1. The minimum Gasteiger partial charge on any atom is -0.368 e. The molecule has 2 heterocycles. The summed E-state index contributed by atoms with van der Waals surface area (Å²) in [6.45, 7) is 7.13. The highest BCUT2D eigenvalue weighted by Gasteiger charge is 2.23. The third kappa shape index (κ3) is 3.50. The fourth-order valence-electron chi connectivity index (χ4n) is 3.02. The standard InChI is InChI=1S/C17H24N6O/c1-13-5-4-6-15(11-13)22-7-9-23(10-8-22)17(24)19-14(2)16-20-18-12-21(16)3/h4-6,11-12,14H,7-10H2,1-3H3,(H,19,24)/t14-/m0/s1. The number of piperazine rings is 1. The summed E-state index contributed by atoms with van der Waals surface area (Å²) in [5.74, 6) is 0.752. The molecule has 7 nitrogen and oxygen atoms in total. The van der Waals surface area contributed by atoms with E-state index in [2.05, 4.69) is 51.6 Å². The molecule has 1 atom stereocenters. The molecular formula is C17H24N6O. The maximum Gasteiger partial charge on any atom is 0.318 e. The van der Waals surface area contributed by atoms with Gasteiger partial charge < -0.3 is 19.7 Å². The van der Waals surface area contributed by atoms with Crippen LogP contribution in [0.15, 0.2) is 30.6 Å². The van der Waals surface area contributed by atoms with Crippen LogP contribution in [0.3, 0.4) is 0 Å². The Bertz CT molecular complexity index is 705. The molecule has 1 aliphatic heterocycles. The maximum absolute atomic E-state index is 12.5. The molecule has 0 spiro atoms. The minimum absolute atomic E-state index is 0.0469. The Morgan fingerprint density at radius 2 is 2.00 bits per heavy atom. The summed E-state index contributed by atoms with van der Waals surface area (Å²) < 4.78 is 1.82. The van der Waals surface area contributed by atoms with Crippen molar-refractivity contribution in [2.45, 2.75) is 19.9 Å². The monoisotopic (exact) mass is 328 g/mol. The normalized spacial score (nSPS) is 16.1. The van der Waals surface area contributed by atoms with Crippen molar-refractivity contribution < 1.29 is 4.79 Å². The molecule has 24 heavy (non-hydrogen) atoms. The van der Waals surface area contributed by atoms with Gasteiger partial charge in [-0.3, -0.25) is 0 Å². The van der Waals surface area contributed by atoms with Crippen LogP contribution in [0.4, 0.5) is 10.5 Å². The first-order valence-corrected chi connectivity index (χ1v) is 8.25. The Hall–Kier alpha value is -2.57. The van der Waals surface area contributed by atoms with Crippen LogP contribution in [0.5, 0.6) is 0 Å². The molecule has 2 amide bonds. The molecule has 1 saturated heterocycles. The highest BCUT2D eigenvalue weighted by molar-refractivity contribution is 5.75. The molecule has 1 aromatic carbocycles. The predicted molar refractivity (Wildman–Crippen MR) is 92.9 cm³/mol. The van der Waals surface area contributed by atoms with Gasteiger partial charge in [-0.1, -0.05) is 12.1 Å². The molecule has 0 unspecified atom stereocenters. The van der Waals surface area contributed by atoms with Crippen LogP contribution in [-0.2, 0) is 7.05 Å². The van der Waals surface area contributed by atoms with E-state index < -0.39 is 0 Å². The molecule has 128 valence electrons. The van der Waals surface area contributed by atoms with Crippen LogP contribution in [-0.4, -0.2) is 51.9 Å². The summed E-state index contributed by atoms with van der Waals surface area (Å²) in [6.07, 6.45) is 1.64. The van der Waals surface area contributed by atoms with Gasteiger partial charge in [0.2, 0.25) is 0 Å². The zero-order valence-electron chi connectivity index (χ0n) is 14.4. The number of nitrogens with zero attached hydrogens (tertiary/aromatic N) is 5. The Kier molecular flexibility index (Phi) is 4.69. The van der Waals surface area contributed by atoms with Crippen LogP contribution < -0.4 is 10.2 Å². The van der Waals surface area contributed by atoms with Crippen molar-refractivity contribution in [3.8, 4) is 0 Å². The molecule has 3 rings (SSSR count). The van der Waals surface area contributed by atoms with Crippen molar-refractivity contribution in [2.75, 3.05) is 31.1 Å². The van der Waals surface area contributed by atoms with Crippen molar-refractivity contribution in [1.82, 2.24) is 25.0 Å². The van der Waals surface area contributed by atoms with Gasteiger partial charge in [0.25, 0.3) is 0 Å². The molecule has 1 aliphatic rings. The lowest BCUT2D eigenvalue weighted by atomic mass is 10.2. The fourth-order valence-corrected chi connectivity index (χ4v) is 3.02. The van der Waals surface area contributed by atoms with Crippen LogP contribution in [0.1, 0.15) is 24.4 Å². The summed E-state index contributed by atoms with van der Waals surface area (Å²) >= 11 is 0. The van der Waals surface area contributed by atoms with Gasteiger partial charge in [0, 0.05) is 38.9 Å². The number of carbonyl (C=O) groups excluding carboxylic acids is 1. The lowest BCUT2D eigenvalue weighted by molar-refractivity contribution is 0.190. The Morgan fingerprint density at radius 1 is 1.25 bits per heavy atom. The van der Waals surface area contributed by atoms with Crippen LogP contribution in [0.25, 0.3) is 0 Å². The zero-order valence-corrected chi connectivity index (χ0v) is 14.4. The molecule has 0 radical (unpaired) electrons. The number of hydrogen-bond donors (Lipinski definition) is 1. The summed E-state index contributed by atoms with van der Waals surface area (Å²) in [7, 11) is 1.87. The molecule has 0 aliphatic carbocycles. The Balaban J connectivity index is 1.54. The molecule has 7 heteroatoms. The number of hydrogen-bond acceptors (Lipinski definition) is 4. The maximum atomic E-state index is 12.5. The fraction of sp³-hybridized carbons (Fsp3) is 0.471. The van der Waals surface area contributed by atoms with Gasteiger partial charge in [-0.05, 0) is 31.5 Å². The largest absolute Gasteiger partial charge is 0.368 e. The molecule has 2 aromatic rings. The summed E-state index contributed by atoms with van der Waals surface area (Å²) in [5, 5.41) is 10.9. The van der Waals surface area contributed by atoms with Crippen LogP contribution in [0, 0.1) is 6.92 Å². The van der Waals surface area contributed by atoms with Gasteiger partial charge in [-0.2, -0.15) is 0 Å². The first-order valence-electron chi connectivity index (χ1n) is 8.25. The molecule has 1 aromatic heterocycles. The van der Waals surface area contributed by atoms with Gasteiger partial charge >= 0.3 is 6.03 Å². The van der Waals surface area contributed by atoms with E-state index >= 15 is 0 Å². The van der Waals surface area contributed by atoms with E-state index in [1.807, 2.05) is 23.4 Å². The van der Waals surface area contributed by atoms with Crippen LogP contribution >= 0.6 is 0 Å². The average molecular weight is 328 g/mol. The van der Waals surface area contributed by atoms with Crippen LogP contribution in [0.2, 0.25) is 0 Å². The van der Waals surface area contributed by atoms with Crippen molar-refractivity contribution in [3.63, 3.8) is 0 Å². The van der Waals surface area contributed by atoms with E-state index in [9.17, 15) is 4.79 Å². The first kappa shape index (κ1) is 16.3. The zero-order chi connectivity index (χ0) is 17.1. The lowest BCUT2D eigenvalue weighted by Gasteiger charge is -2.36. The summed E-state index contributed by atoms with van der Waals surface area (Å²) in [6, 6.07) is 8.27. The summed E-state index contributed by atoms with van der Waals surface area (Å²) in [4.78, 5) is 16.6. The number of amides is 2. The number of urea groups is 1. The SMILES string of the molecule is Cc1cccc(N2CCN(C(=O)N[C@@H](C)c3nncn3C)CC2)c1. The van der Waals surface area contributed by atoms with Gasteiger partial charge in [0.1, 0.15) is 6.33 Å². The number of nitrogens with one attached hydrogen (secondary N) is 1. The number of anilines is 1. The Labute approximate surface area is 142 Å². The molecular weight excluding hydrogens is 304 g/mol. The number of rotatable bonds is 3. The van der Waals surface area contributed by atoms with Gasteiger partial charge in [0.05, 0.1) is 6.04 Å². The lowest BCUT2D eigenvalue weighted by Crippen LogP contribution is -2.52. The second-order valence-electron chi connectivity index (χ2n) is 6.28. The quantitative estimate of drug-likeness (QED) is 0.931. The number of benzene rings is 1. The predicted octanol–water partition coefficient (Wildman–Crippen LogP) is 1.72.